The lowest BCUT2D eigenvalue weighted by atomic mass is 10.0. The summed E-state index contributed by atoms with van der Waals surface area (Å²) in [5.74, 6) is 0.134. The van der Waals surface area contributed by atoms with Crippen molar-refractivity contribution in [3.8, 4) is 0 Å². The molecule has 0 saturated heterocycles. The smallest absolute Gasteiger partial charge is 0.180 e. The molecule has 2 N–H and O–H groups in total. The normalized spacial score (nSPS) is 23.8. The third-order valence-electron chi connectivity index (χ3n) is 3.36. The van der Waals surface area contributed by atoms with Gasteiger partial charge in [0.2, 0.25) is 0 Å². The number of hydrogen-bond acceptors (Lipinski definition) is 2. The van der Waals surface area contributed by atoms with Crippen molar-refractivity contribution in [3.05, 3.63) is 34.4 Å². The van der Waals surface area contributed by atoms with Gasteiger partial charge in [0.1, 0.15) is 0 Å². The van der Waals surface area contributed by atoms with Crippen molar-refractivity contribution in [2.75, 3.05) is 0 Å². The van der Waals surface area contributed by atoms with Crippen LogP contribution in [0.15, 0.2) is 12.1 Å². The summed E-state index contributed by atoms with van der Waals surface area (Å²) in [6.45, 7) is 0. The zero-order valence-corrected chi connectivity index (χ0v) is 8.05. The number of aryl methyl sites for hydroxylation is 2. The molecule has 0 heterocycles. The molecule has 2 aliphatic rings. The van der Waals surface area contributed by atoms with E-state index in [1.165, 1.54) is 29.5 Å². The SMILES string of the molecule is NC1Cc2cc3c(cc2C1=O)CCC3. The average molecular weight is 187 g/mol. The second-order valence-corrected chi connectivity index (χ2v) is 4.31. The largest absolute Gasteiger partial charge is 0.321 e. The Hall–Kier alpha value is -1.15. The molecule has 2 heteroatoms. The van der Waals surface area contributed by atoms with E-state index in [0.717, 1.165) is 18.4 Å². The highest BCUT2D eigenvalue weighted by molar-refractivity contribution is 6.04. The van der Waals surface area contributed by atoms with Crippen LogP contribution in [0.5, 0.6) is 0 Å². The first-order valence-corrected chi connectivity index (χ1v) is 5.20. The summed E-state index contributed by atoms with van der Waals surface area (Å²) < 4.78 is 0. The quantitative estimate of drug-likeness (QED) is 0.664. The van der Waals surface area contributed by atoms with Gasteiger partial charge in [-0.3, -0.25) is 4.79 Å². The van der Waals surface area contributed by atoms with E-state index in [0.29, 0.717) is 0 Å². The maximum atomic E-state index is 11.7. The van der Waals surface area contributed by atoms with Crippen LogP contribution in [-0.2, 0) is 19.3 Å². The first kappa shape index (κ1) is 8.18. The molecule has 0 aromatic heterocycles. The Morgan fingerprint density at radius 2 is 1.86 bits per heavy atom. The van der Waals surface area contributed by atoms with Crippen LogP contribution in [0, 0.1) is 0 Å². The number of fused-ring (bicyclic) bond motifs is 2. The number of carbonyl (C=O) groups excluding carboxylic acids is 1. The van der Waals surface area contributed by atoms with E-state index >= 15 is 0 Å². The maximum Gasteiger partial charge on any atom is 0.180 e. The number of hydrogen-bond donors (Lipinski definition) is 1. The van der Waals surface area contributed by atoms with Crippen molar-refractivity contribution >= 4 is 5.78 Å². The second-order valence-electron chi connectivity index (χ2n) is 4.31. The predicted octanol–water partition coefficient (Wildman–Crippen LogP) is 1.24. The molecular formula is C12H13NO. The molecule has 72 valence electrons. The standard InChI is InChI=1S/C12H13NO/c13-11-6-9-4-7-2-1-3-8(7)5-10(9)12(11)14/h4-5,11H,1-3,6,13H2. The number of benzene rings is 1. The van der Waals surface area contributed by atoms with E-state index in [-0.39, 0.29) is 11.8 Å². The molecule has 0 radical (unpaired) electrons. The van der Waals surface area contributed by atoms with Gasteiger partial charge in [0, 0.05) is 5.56 Å². The monoisotopic (exact) mass is 187 g/mol. The van der Waals surface area contributed by atoms with Crippen LogP contribution in [-0.4, -0.2) is 11.8 Å². The fraction of sp³-hybridized carbons (Fsp3) is 0.417. The minimum absolute atomic E-state index is 0.134. The van der Waals surface area contributed by atoms with E-state index in [1.54, 1.807) is 0 Å². The molecule has 0 amide bonds. The molecule has 1 unspecified atom stereocenters. The van der Waals surface area contributed by atoms with Gasteiger partial charge < -0.3 is 5.73 Å². The van der Waals surface area contributed by atoms with Crippen LogP contribution in [0.4, 0.5) is 0 Å². The number of carbonyl (C=O) groups is 1. The van der Waals surface area contributed by atoms with Crippen molar-refractivity contribution in [1.82, 2.24) is 0 Å². The molecule has 0 bridgehead atoms. The van der Waals surface area contributed by atoms with Crippen LogP contribution in [0.3, 0.4) is 0 Å². The molecule has 2 aliphatic carbocycles. The van der Waals surface area contributed by atoms with E-state index in [9.17, 15) is 4.79 Å². The van der Waals surface area contributed by atoms with Crippen LogP contribution < -0.4 is 5.73 Å². The van der Waals surface area contributed by atoms with Gasteiger partial charge in [-0.15, -0.1) is 0 Å². The Labute approximate surface area is 83.1 Å². The van der Waals surface area contributed by atoms with Gasteiger partial charge in [-0.2, -0.15) is 0 Å². The molecule has 0 spiro atoms. The van der Waals surface area contributed by atoms with Crippen molar-refractivity contribution in [3.63, 3.8) is 0 Å². The van der Waals surface area contributed by atoms with Crippen LogP contribution in [0.2, 0.25) is 0 Å². The van der Waals surface area contributed by atoms with Crippen molar-refractivity contribution < 1.29 is 4.79 Å². The zero-order chi connectivity index (χ0) is 9.71. The summed E-state index contributed by atoms with van der Waals surface area (Å²) >= 11 is 0. The number of ketones is 1. The van der Waals surface area contributed by atoms with Gasteiger partial charge >= 0.3 is 0 Å². The average Bonchev–Trinajstić information content (AvgIpc) is 2.70. The first-order valence-electron chi connectivity index (χ1n) is 5.20. The Kier molecular flexibility index (Phi) is 1.56. The Morgan fingerprint density at radius 1 is 1.14 bits per heavy atom. The minimum atomic E-state index is -0.285. The van der Waals surface area contributed by atoms with E-state index in [1.807, 2.05) is 0 Å². The van der Waals surface area contributed by atoms with Crippen LogP contribution in [0.1, 0.15) is 33.5 Å². The summed E-state index contributed by atoms with van der Waals surface area (Å²) in [7, 11) is 0. The zero-order valence-electron chi connectivity index (χ0n) is 8.05. The highest BCUT2D eigenvalue weighted by Crippen LogP contribution is 2.30. The van der Waals surface area contributed by atoms with Crippen molar-refractivity contribution in [1.29, 1.82) is 0 Å². The van der Waals surface area contributed by atoms with Crippen LogP contribution >= 0.6 is 0 Å². The van der Waals surface area contributed by atoms with E-state index in [4.69, 9.17) is 5.73 Å². The van der Waals surface area contributed by atoms with Gasteiger partial charge in [0.15, 0.2) is 5.78 Å². The van der Waals surface area contributed by atoms with Gasteiger partial charge in [-0.1, -0.05) is 6.07 Å². The number of rotatable bonds is 0. The topological polar surface area (TPSA) is 43.1 Å². The summed E-state index contributed by atoms with van der Waals surface area (Å²) in [4.78, 5) is 11.7. The lowest BCUT2D eigenvalue weighted by molar-refractivity contribution is 0.0974. The van der Waals surface area contributed by atoms with Crippen molar-refractivity contribution in [2.24, 2.45) is 5.73 Å². The van der Waals surface area contributed by atoms with Gasteiger partial charge in [-0.25, -0.2) is 0 Å². The molecular weight excluding hydrogens is 174 g/mol. The maximum absolute atomic E-state index is 11.7. The lowest BCUT2D eigenvalue weighted by Gasteiger charge is -2.02. The second kappa shape index (κ2) is 2.67. The molecule has 14 heavy (non-hydrogen) atoms. The molecule has 0 aliphatic heterocycles. The summed E-state index contributed by atoms with van der Waals surface area (Å²) in [6, 6.07) is 3.99. The molecule has 1 atom stereocenters. The Balaban J connectivity index is 2.17. The number of Topliss-reactive ketones (excluding diaryl/α,β-unsaturated/α-hetero) is 1. The highest BCUT2D eigenvalue weighted by Gasteiger charge is 2.29. The number of nitrogens with two attached hydrogens (primary N) is 1. The Bertz CT molecular complexity index is 423. The fourth-order valence-electron chi connectivity index (χ4n) is 2.60. The Morgan fingerprint density at radius 3 is 2.64 bits per heavy atom. The molecule has 1 aromatic rings. The van der Waals surface area contributed by atoms with E-state index < -0.39 is 0 Å². The predicted molar refractivity (Wildman–Crippen MR) is 54.5 cm³/mol. The molecule has 3 rings (SSSR count). The third-order valence-corrected chi connectivity index (χ3v) is 3.36. The molecule has 0 saturated carbocycles. The summed E-state index contributed by atoms with van der Waals surface area (Å²) in [5, 5.41) is 0. The molecule has 1 aromatic carbocycles. The van der Waals surface area contributed by atoms with Crippen LogP contribution in [0.25, 0.3) is 0 Å². The van der Waals surface area contributed by atoms with Gasteiger partial charge in [0.25, 0.3) is 0 Å². The summed E-state index contributed by atoms with van der Waals surface area (Å²) in [5.41, 5.74) is 10.6. The summed E-state index contributed by atoms with van der Waals surface area (Å²) in [6.07, 6.45) is 4.27. The highest BCUT2D eigenvalue weighted by atomic mass is 16.1. The van der Waals surface area contributed by atoms with E-state index in [2.05, 4.69) is 12.1 Å². The lowest BCUT2D eigenvalue weighted by Crippen LogP contribution is -2.26. The van der Waals surface area contributed by atoms with Gasteiger partial charge in [0.05, 0.1) is 6.04 Å². The first-order chi connectivity index (χ1) is 6.75. The van der Waals surface area contributed by atoms with Crippen molar-refractivity contribution in [2.45, 2.75) is 31.7 Å². The van der Waals surface area contributed by atoms with Gasteiger partial charge in [-0.05, 0) is 48.4 Å². The fourth-order valence-corrected chi connectivity index (χ4v) is 2.60. The minimum Gasteiger partial charge on any atom is -0.321 e. The molecule has 0 fully saturated rings. The third kappa shape index (κ3) is 0.976. The molecule has 2 nitrogen and oxygen atoms in total.